The van der Waals surface area contributed by atoms with Crippen molar-refractivity contribution in [3.8, 4) is 11.5 Å². The Hall–Kier alpha value is -2.63. The number of para-hydroxylation sites is 1. The first-order chi connectivity index (χ1) is 13.7. The average molecular weight is 391 g/mol. The molecule has 4 nitrogen and oxygen atoms in total. The van der Waals surface area contributed by atoms with E-state index in [2.05, 4.69) is 23.1 Å². The molecule has 1 saturated heterocycles. The zero-order chi connectivity index (χ0) is 19.1. The number of rotatable bonds is 4. The highest BCUT2D eigenvalue weighted by molar-refractivity contribution is 7.18. The topological polar surface area (TPSA) is 45.6 Å². The van der Waals surface area contributed by atoms with Gasteiger partial charge in [-0.05, 0) is 60.5 Å². The van der Waals surface area contributed by atoms with Crippen LogP contribution < -0.4 is 4.74 Å². The van der Waals surface area contributed by atoms with Crippen LogP contribution in [0.3, 0.4) is 0 Å². The van der Waals surface area contributed by atoms with Gasteiger partial charge in [0.15, 0.2) is 0 Å². The maximum Gasteiger partial charge on any atom is 0.120 e. The van der Waals surface area contributed by atoms with Crippen molar-refractivity contribution in [2.75, 3.05) is 13.7 Å². The van der Waals surface area contributed by atoms with E-state index < -0.39 is 0 Å². The van der Waals surface area contributed by atoms with E-state index >= 15 is 0 Å². The van der Waals surface area contributed by atoms with E-state index in [0.29, 0.717) is 18.3 Å². The molecule has 0 unspecified atom stereocenters. The highest BCUT2D eigenvalue weighted by Crippen LogP contribution is 2.39. The molecule has 3 aromatic carbocycles. The molecule has 0 aliphatic carbocycles. The van der Waals surface area contributed by atoms with Crippen LogP contribution in [0, 0.1) is 0 Å². The number of ether oxygens (including phenoxy) is 1. The summed E-state index contributed by atoms with van der Waals surface area (Å²) in [5, 5.41) is 14.0. The summed E-state index contributed by atoms with van der Waals surface area (Å²) in [5.41, 5.74) is 2.04. The van der Waals surface area contributed by atoms with E-state index in [0.717, 1.165) is 47.0 Å². The van der Waals surface area contributed by atoms with Gasteiger partial charge >= 0.3 is 0 Å². The number of aromatic hydroxyl groups is 1. The fourth-order valence-electron chi connectivity index (χ4n) is 4.17. The van der Waals surface area contributed by atoms with Crippen molar-refractivity contribution in [3.05, 3.63) is 65.2 Å². The SMILES string of the molecule is COc1ccc2ccc(O)c(CN3CCC[C@H]3c3nc4ccccc4s3)c2c1. The molecule has 1 aliphatic heterocycles. The summed E-state index contributed by atoms with van der Waals surface area (Å²) in [7, 11) is 1.67. The molecule has 1 aliphatic rings. The summed E-state index contributed by atoms with van der Waals surface area (Å²) in [6.07, 6.45) is 2.25. The van der Waals surface area contributed by atoms with E-state index in [-0.39, 0.29) is 0 Å². The first kappa shape index (κ1) is 17.5. The number of likely N-dealkylation sites (tertiary alicyclic amines) is 1. The molecular weight excluding hydrogens is 368 g/mol. The molecule has 0 amide bonds. The zero-order valence-electron chi connectivity index (χ0n) is 15.8. The summed E-state index contributed by atoms with van der Waals surface area (Å²) in [5.74, 6) is 1.15. The second-order valence-corrected chi connectivity index (χ2v) is 8.36. The first-order valence-electron chi connectivity index (χ1n) is 9.61. The number of fused-ring (bicyclic) bond motifs is 2. The number of nitrogens with zero attached hydrogens (tertiary/aromatic N) is 2. The number of phenolic OH excluding ortho intramolecular Hbond substituents is 1. The lowest BCUT2D eigenvalue weighted by atomic mass is 10.0. The van der Waals surface area contributed by atoms with Crippen LogP contribution in [-0.2, 0) is 6.54 Å². The molecule has 28 heavy (non-hydrogen) atoms. The van der Waals surface area contributed by atoms with Crippen LogP contribution in [-0.4, -0.2) is 28.6 Å². The normalized spacial score (nSPS) is 17.5. The van der Waals surface area contributed by atoms with Crippen LogP contribution >= 0.6 is 11.3 Å². The van der Waals surface area contributed by atoms with Gasteiger partial charge in [-0.3, -0.25) is 4.90 Å². The Morgan fingerprint density at radius 2 is 2.04 bits per heavy atom. The number of benzene rings is 3. The molecule has 0 spiro atoms. The number of hydrogen-bond acceptors (Lipinski definition) is 5. The van der Waals surface area contributed by atoms with Gasteiger partial charge < -0.3 is 9.84 Å². The predicted molar refractivity (Wildman–Crippen MR) is 114 cm³/mol. The fourth-order valence-corrected chi connectivity index (χ4v) is 5.31. The van der Waals surface area contributed by atoms with Crippen LogP contribution in [0.5, 0.6) is 11.5 Å². The van der Waals surface area contributed by atoms with Gasteiger partial charge in [0.1, 0.15) is 16.5 Å². The zero-order valence-corrected chi connectivity index (χ0v) is 16.6. The van der Waals surface area contributed by atoms with Crippen LogP contribution in [0.2, 0.25) is 0 Å². The van der Waals surface area contributed by atoms with Gasteiger partial charge in [-0.1, -0.05) is 24.3 Å². The Bertz CT molecular complexity index is 1120. The van der Waals surface area contributed by atoms with Crippen molar-refractivity contribution in [2.45, 2.75) is 25.4 Å². The van der Waals surface area contributed by atoms with Crippen molar-refractivity contribution in [3.63, 3.8) is 0 Å². The van der Waals surface area contributed by atoms with E-state index in [1.807, 2.05) is 30.3 Å². The molecule has 5 rings (SSSR count). The van der Waals surface area contributed by atoms with Crippen molar-refractivity contribution in [2.24, 2.45) is 0 Å². The van der Waals surface area contributed by atoms with Gasteiger partial charge in [0.25, 0.3) is 0 Å². The van der Waals surface area contributed by atoms with Gasteiger partial charge in [-0.2, -0.15) is 0 Å². The molecule has 1 fully saturated rings. The molecule has 4 aromatic rings. The maximum absolute atomic E-state index is 10.6. The van der Waals surface area contributed by atoms with Crippen molar-refractivity contribution >= 4 is 32.3 Å². The van der Waals surface area contributed by atoms with Crippen LogP contribution in [0.15, 0.2) is 54.6 Å². The molecule has 1 atom stereocenters. The summed E-state index contributed by atoms with van der Waals surface area (Å²) >= 11 is 1.79. The summed E-state index contributed by atoms with van der Waals surface area (Å²) < 4.78 is 6.65. The minimum atomic E-state index is 0.303. The summed E-state index contributed by atoms with van der Waals surface area (Å²) in [6, 6.07) is 18.4. The Labute approximate surface area is 168 Å². The molecule has 1 N–H and O–H groups in total. The van der Waals surface area contributed by atoms with Gasteiger partial charge in [0, 0.05) is 12.1 Å². The Balaban J connectivity index is 1.52. The van der Waals surface area contributed by atoms with E-state index in [1.54, 1.807) is 24.5 Å². The second-order valence-electron chi connectivity index (χ2n) is 7.30. The lowest BCUT2D eigenvalue weighted by molar-refractivity contribution is 0.246. The molecule has 0 saturated carbocycles. The largest absolute Gasteiger partial charge is 0.508 e. The fraction of sp³-hybridized carbons (Fsp3) is 0.261. The number of thiazole rings is 1. The minimum absolute atomic E-state index is 0.303. The molecule has 142 valence electrons. The van der Waals surface area contributed by atoms with Gasteiger partial charge in [0.2, 0.25) is 0 Å². The third kappa shape index (κ3) is 3.01. The summed E-state index contributed by atoms with van der Waals surface area (Å²) in [4.78, 5) is 7.34. The number of phenols is 1. The van der Waals surface area contributed by atoms with Gasteiger partial charge in [-0.15, -0.1) is 11.3 Å². The third-order valence-electron chi connectivity index (χ3n) is 5.64. The highest BCUT2D eigenvalue weighted by Gasteiger charge is 2.29. The van der Waals surface area contributed by atoms with Crippen LogP contribution in [0.25, 0.3) is 21.0 Å². The molecule has 0 bridgehead atoms. The highest BCUT2D eigenvalue weighted by atomic mass is 32.1. The van der Waals surface area contributed by atoms with E-state index in [9.17, 15) is 5.11 Å². The Morgan fingerprint density at radius 1 is 1.18 bits per heavy atom. The minimum Gasteiger partial charge on any atom is -0.508 e. The summed E-state index contributed by atoms with van der Waals surface area (Å²) in [6.45, 7) is 1.72. The Morgan fingerprint density at radius 3 is 2.89 bits per heavy atom. The smallest absolute Gasteiger partial charge is 0.120 e. The quantitative estimate of drug-likeness (QED) is 0.500. The average Bonchev–Trinajstić information content (AvgIpc) is 3.36. The van der Waals surface area contributed by atoms with Crippen molar-refractivity contribution < 1.29 is 9.84 Å². The standard InChI is InChI=1S/C23H22N2O2S/c1-27-16-10-8-15-9-11-21(26)18(17(15)13-16)14-25-12-4-6-20(25)23-24-19-5-2-3-7-22(19)28-23/h2-3,5,7-11,13,20,26H,4,6,12,14H2,1H3/t20-/m0/s1. The van der Waals surface area contributed by atoms with Crippen molar-refractivity contribution in [1.82, 2.24) is 9.88 Å². The Kier molecular flexibility index (Phi) is 4.41. The molecule has 2 heterocycles. The van der Waals surface area contributed by atoms with Gasteiger partial charge in [0.05, 0.1) is 23.4 Å². The van der Waals surface area contributed by atoms with E-state index in [4.69, 9.17) is 9.72 Å². The maximum atomic E-state index is 10.6. The van der Waals surface area contributed by atoms with Crippen LogP contribution in [0.4, 0.5) is 0 Å². The third-order valence-corrected chi connectivity index (χ3v) is 6.77. The number of aromatic nitrogens is 1. The lowest BCUT2D eigenvalue weighted by Crippen LogP contribution is -2.22. The molecule has 1 aromatic heterocycles. The first-order valence-corrected chi connectivity index (χ1v) is 10.4. The number of methoxy groups -OCH3 is 1. The monoisotopic (exact) mass is 390 g/mol. The molecule has 5 heteroatoms. The molecular formula is C23H22N2O2S. The van der Waals surface area contributed by atoms with Crippen molar-refractivity contribution in [1.29, 1.82) is 0 Å². The van der Waals surface area contributed by atoms with Gasteiger partial charge in [-0.25, -0.2) is 4.98 Å². The number of hydrogen-bond donors (Lipinski definition) is 1. The lowest BCUT2D eigenvalue weighted by Gasteiger charge is -2.24. The predicted octanol–water partition coefficient (Wildman–Crippen LogP) is 5.50. The van der Waals surface area contributed by atoms with Crippen LogP contribution in [0.1, 0.15) is 29.5 Å². The second kappa shape index (κ2) is 7.08. The van der Waals surface area contributed by atoms with E-state index in [1.165, 1.54) is 9.71 Å². The molecule has 0 radical (unpaired) electrons.